The van der Waals surface area contributed by atoms with Gasteiger partial charge in [0.25, 0.3) is 0 Å². The highest BCUT2D eigenvalue weighted by atomic mass is 19.1. The standard InChI is InChI=1S/C15H16FN3O/c1-9-12-6-11(16)3-4-14(12)20-15(9)13(17)5-10-7-18-19(2)8-10/h3-4,6-8,13H,5,17H2,1-2H3. The quantitative estimate of drug-likeness (QED) is 0.798. The van der Waals surface area contributed by atoms with Crippen LogP contribution in [-0.2, 0) is 13.5 Å². The summed E-state index contributed by atoms with van der Waals surface area (Å²) >= 11 is 0. The molecule has 1 unspecified atom stereocenters. The lowest BCUT2D eigenvalue weighted by Gasteiger charge is -2.08. The van der Waals surface area contributed by atoms with Crippen LogP contribution in [0.3, 0.4) is 0 Å². The minimum Gasteiger partial charge on any atom is -0.459 e. The van der Waals surface area contributed by atoms with Crippen molar-refractivity contribution >= 4 is 11.0 Å². The molecule has 1 atom stereocenters. The Morgan fingerprint density at radius 2 is 2.25 bits per heavy atom. The van der Waals surface area contributed by atoms with Crippen LogP contribution in [0, 0.1) is 12.7 Å². The van der Waals surface area contributed by atoms with Crippen LogP contribution in [0.5, 0.6) is 0 Å². The number of nitrogens with two attached hydrogens (primary N) is 1. The first kappa shape index (κ1) is 12.9. The molecule has 20 heavy (non-hydrogen) atoms. The minimum absolute atomic E-state index is 0.269. The molecule has 2 N–H and O–H groups in total. The Hall–Kier alpha value is -2.14. The van der Waals surface area contributed by atoms with Crippen LogP contribution in [0.2, 0.25) is 0 Å². The highest BCUT2D eigenvalue weighted by molar-refractivity contribution is 5.82. The molecule has 0 aliphatic rings. The summed E-state index contributed by atoms with van der Waals surface area (Å²) in [6, 6.07) is 4.24. The SMILES string of the molecule is Cc1c(C(N)Cc2cnn(C)c2)oc2ccc(F)cc12. The lowest BCUT2D eigenvalue weighted by atomic mass is 10.0. The van der Waals surface area contributed by atoms with E-state index in [-0.39, 0.29) is 11.9 Å². The van der Waals surface area contributed by atoms with Gasteiger partial charge in [0.05, 0.1) is 12.2 Å². The molecule has 5 heteroatoms. The van der Waals surface area contributed by atoms with Gasteiger partial charge in [-0.1, -0.05) is 0 Å². The molecular formula is C15H16FN3O. The molecule has 0 aliphatic heterocycles. The van der Waals surface area contributed by atoms with Gasteiger partial charge in [0.1, 0.15) is 17.2 Å². The molecule has 2 heterocycles. The number of furan rings is 1. The van der Waals surface area contributed by atoms with Crippen LogP contribution in [0.4, 0.5) is 4.39 Å². The molecule has 0 amide bonds. The molecule has 0 saturated carbocycles. The highest BCUT2D eigenvalue weighted by Crippen LogP contribution is 2.30. The van der Waals surface area contributed by atoms with Crippen LogP contribution in [0.25, 0.3) is 11.0 Å². The van der Waals surface area contributed by atoms with Crippen molar-refractivity contribution in [2.75, 3.05) is 0 Å². The van der Waals surface area contributed by atoms with Gasteiger partial charge in [0.2, 0.25) is 0 Å². The van der Waals surface area contributed by atoms with Gasteiger partial charge in [-0.15, -0.1) is 0 Å². The number of hydrogen-bond donors (Lipinski definition) is 1. The predicted octanol–water partition coefficient (Wildman–Crippen LogP) is 2.86. The largest absolute Gasteiger partial charge is 0.459 e. The van der Waals surface area contributed by atoms with E-state index in [1.807, 2.05) is 20.2 Å². The van der Waals surface area contributed by atoms with Gasteiger partial charge in [-0.25, -0.2) is 4.39 Å². The van der Waals surface area contributed by atoms with Gasteiger partial charge in [-0.2, -0.15) is 5.10 Å². The molecule has 0 spiro atoms. The summed E-state index contributed by atoms with van der Waals surface area (Å²) < 4.78 is 20.8. The topological polar surface area (TPSA) is 57.0 Å². The zero-order chi connectivity index (χ0) is 14.3. The number of hydrogen-bond acceptors (Lipinski definition) is 3. The minimum atomic E-state index is -0.270. The fourth-order valence-corrected chi connectivity index (χ4v) is 2.49. The zero-order valence-corrected chi connectivity index (χ0v) is 11.4. The highest BCUT2D eigenvalue weighted by Gasteiger charge is 2.18. The van der Waals surface area contributed by atoms with Crippen LogP contribution in [-0.4, -0.2) is 9.78 Å². The molecule has 0 radical (unpaired) electrons. The fraction of sp³-hybridized carbons (Fsp3) is 0.267. The molecule has 0 bridgehead atoms. The van der Waals surface area contributed by atoms with Gasteiger partial charge in [0, 0.05) is 24.2 Å². The fourth-order valence-electron chi connectivity index (χ4n) is 2.49. The Kier molecular flexibility index (Phi) is 3.06. The van der Waals surface area contributed by atoms with E-state index in [4.69, 9.17) is 10.2 Å². The van der Waals surface area contributed by atoms with Crippen molar-refractivity contribution in [3.63, 3.8) is 0 Å². The van der Waals surface area contributed by atoms with Crippen LogP contribution < -0.4 is 5.73 Å². The summed E-state index contributed by atoms with van der Waals surface area (Å²) in [5.74, 6) is 0.434. The van der Waals surface area contributed by atoms with Crippen molar-refractivity contribution in [3.05, 3.63) is 53.3 Å². The van der Waals surface area contributed by atoms with Gasteiger partial charge in [0.15, 0.2) is 0 Å². The van der Waals surface area contributed by atoms with E-state index in [0.29, 0.717) is 17.8 Å². The van der Waals surface area contributed by atoms with E-state index in [0.717, 1.165) is 16.5 Å². The molecule has 2 aromatic heterocycles. The molecule has 3 rings (SSSR count). The van der Waals surface area contributed by atoms with Crippen molar-refractivity contribution < 1.29 is 8.81 Å². The first-order valence-corrected chi connectivity index (χ1v) is 6.46. The first-order valence-electron chi connectivity index (χ1n) is 6.46. The van der Waals surface area contributed by atoms with Crippen molar-refractivity contribution in [1.29, 1.82) is 0 Å². The summed E-state index contributed by atoms with van der Waals surface area (Å²) in [7, 11) is 1.87. The second-order valence-corrected chi connectivity index (χ2v) is 5.06. The summed E-state index contributed by atoms with van der Waals surface area (Å²) in [4.78, 5) is 0. The van der Waals surface area contributed by atoms with Crippen molar-refractivity contribution in [2.45, 2.75) is 19.4 Å². The van der Waals surface area contributed by atoms with Crippen LogP contribution in [0.15, 0.2) is 35.0 Å². The van der Waals surface area contributed by atoms with E-state index in [9.17, 15) is 4.39 Å². The summed E-state index contributed by atoms with van der Waals surface area (Å²) in [6.07, 6.45) is 4.35. The molecular weight excluding hydrogens is 257 g/mol. The monoisotopic (exact) mass is 273 g/mol. The van der Waals surface area contributed by atoms with E-state index >= 15 is 0 Å². The number of rotatable bonds is 3. The summed E-state index contributed by atoms with van der Waals surface area (Å²) in [6.45, 7) is 1.91. The number of aryl methyl sites for hydroxylation is 2. The second-order valence-electron chi connectivity index (χ2n) is 5.06. The maximum atomic E-state index is 13.3. The van der Waals surface area contributed by atoms with E-state index in [1.54, 1.807) is 16.9 Å². The van der Waals surface area contributed by atoms with Gasteiger partial charge in [-0.3, -0.25) is 4.68 Å². The first-order chi connectivity index (χ1) is 9.54. The van der Waals surface area contributed by atoms with Crippen molar-refractivity contribution in [3.8, 4) is 0 Å². The average molecular weight is 273 g/mol. The van der Waals surface area contributed by atoms with Gasteiger partial charge >= 0.3 is 0 Å². The molecule has 0 fully saturated rings. The molecule has 0 saturated heterocycles. The molecule has 104 valence electrons. The molecule has 4 nitrogen and oxygen atoms in total. The predicted molar refractivity (Wildman–Crippen MR) is 74.7 cm³/mol. The smallest absolute Gasteiger partial charge is 0.134 e. The Morgan fingerprint density at radius 1 is 1.45 bits per heavy atom. The van der Waals surface area contributed by atoms with Crippen LogP contribution in [0.1, 0.15) is 22.9 Å². The zero-order valence-electron chi connectivity index (χ0n) is 11.4. The van der Waals surface area contributed by atoms with Crippen LogP contribution >= 0.6 is 0 Å². The number of halogens is 1. The van der Waals surface area contributed by atoms with E-state index < -0.39 is 0 Å². The van der Waals surface area contributed by atoms with Crippen molar-refractivity contribution in [1.82, 2.24) is 9.78 Å². The molecule has 1 aromatic carbocycles. The second kappa shape index (κ2) is 4.76. The normalized spacial score (nSPS) is 13.0. The van der Waals surface area contributed by atoms with Gasteiger partial charge < -0.3 is 10.2 Å². The Morgan fingerprint density at radius 3 is 2.95 bits per heavy atom. The van der Waals surface area contributed by atoms with Gasteiger partial charge in [-0.05, 0) is 37.1 Å². The van der Waals surface area contributed by atoms with E-state index in [2.05, 4.69) is 5.10 Å². The molecule has 0 aliphatic carbocycles. The number of fused-ring (bicyclic) bond motifs is 1. The Labute approximate surface area is 116 Å². The molecule has 3 aromatic rings. The maximum absolute atomic E-state index is 13.3. The summed E-state index contributed by atoms with van der Waals surface area (Å²) in [5, 5.41) is 4.90. The van der Waals surface area contributed by atoms with E-state index in [1.165, 1.54) is 12.1 Å². The third-order valence-corrected chi connectivity index (χ3v) is 3.49. The Balaban J connectivity index is 1.95. The number of benzene rings is 1. The third kappa shape index (κ3) is 2.20. The lowest BCUT2D eigenvalue weighted by molar-refractivity contribution is 0.490. The number of nitrogens with zero attached hydrogens (tertiary/aromatic N) is 2. The number of aromatic nitrogens is 2. The Bertz CT molecular complexity index is 760. The van der Waals surface area contributed by atoms with Crippen molar-refractivity contribution in [2.24, 2.45) is 12.8 Å². The lowest BCUT2D eigenvalue weighted by Crippen LogP contribution is -2.13. The average Bonchev–Trinajstić information content (AvgIpc) is 2.94. The maximum Gasteiger partial charge on any atom is 0.134 e. The third-order valence-electron chi connectivity index (χ3n) is 3.49. The summed E-state index contributed by atoms with van der Waals surface area (Å²) in [5.41, 5.74) is 8.83.